The van der Waals surface area contributed by atoms with Crippen molar-refractivity contribution in [2.75, 3.05) is 27.3 Å². The molecular weight excluding hydrogens is 472 g/mol. The molecule has 0 aliphatic carbocycles. The van der Waals surface area contributed by atoms with Crippen molar-refractivity contribution in [2.24, 2.45) is 15.0 Å². The van der Waals surface area contributed by atoms with Gasteiger partial charge in [0.1, 0.15) is 17.3 Å². The molecule has 0 bridgehead atoms. The summed E-state index contributed by atoms with van der Waals surface area (Å²) < 4.78 is 10.5. The van der Waals surface area contributed by atoms with E-state index in [0.717, 1.165) is 65.0 Å². The highest BCUT2D eigenvalue weighted by Crippen LogP contribution is 2.22. The maximum Gasteiger partial charge on any atom is 0.131 e. The van der Waals surface area contributed by atoms with Crippen LogP contribution in [0.1, 0.15) is 22.3 Å². The van der Waals surface area contributed by atoms with Crippen LogP contribution in [0.2, 0.25) is 0 Å². The first-order valence-corrected chi connectivity index (χ1v) is 12.6. The minimum absolute atomic E-state index is 0.768. The molecule has 0 saturated heterocycles. The summed E-state index contributed by atoms with van der Waals surface area (Å²) in [6.07, 6.45) is 3.74. The molecule has 0 atom stereocenters. The van der Waals surface area contributed by atoms with E-state index in [1.54, 1.807) is 14.2 Å². The van der Waals surface area contributed by atoms with Crippen LogP contribution in [-0.2, 0) is 6.54 Å². The summed E-state index contributed by atoms with van der Waals surface area (Å²) in [5.41, 5.74) is 6.12. The van der Waals surface area contributed by atoms with Crippen LogP contribution >= 0.6 is 0 Å². The quantitative estimate of drug-likeness (QED) is 0.247. The van der Waals surface area contributed by atoms with Crippen molar-refractivity contribution in [3.05, 3.63) is 119 Å². The van der Waals surface area contributed by atoms with Crippen LogP contribution in [0.5, 0.6) is 11.5 Å². The molecule has 0 fully saturated rings. The Morgan fingerprint density at radius 2 is 1.32 bits per heavy atom. The molecule has 0 unspecified atom stereocenters. The lowest BCUT2D eigenvalue weighted by Gasteiger charge is -2.21. The average Bonchev–Trinajstić information content (AvgIpc) is 3.44. The van der Waals surface area contributed by atoms with Crippen LogP contribution in [-0.4, -0.2) is 50.5 Å². The Morgan fingerprint density at radius 3 is 1.92 bits per heavy atom. The Bertz CT molecular complexity index is 1460. The van der Waals surface area contributed by atoms with Gasteiger partial charge >= 0.3 is 0 Å². The molecule has 6 heteroatoms. The molecule has 6 nitrogen and oxygen atoms in total. The van der Waals surface area contributed by atoms with E-state index in [1.165, 1.54) is 5.56 Å². The third-order valence-corrected chi connectivity index (χ3v) is 6.28. The summed E-state index contributed by atoms with van der Waals surface area (Å²) in [5, 5.41) is 0. The topological polar surface area (TPSA) is 58.8 Å². The molecule has 1 aliphatic rings. The second kappa shape index (κ2) is 12.0. The second-order valence-electron chi connectivity index (χ2n) is 8.91. The molecule has 190 valence electrons. The highest BCUT2D eigenvalue weighted by molar-refractivity contribution is 6.00. The molecule has 0 amide bonds. The molecule has 4 aromatic carbocycles. The van der Waals surface area contributed by atoms with Crippen molar-refractivity contribution in [3.63, 3.8) is 0 Å². The van der Waals surface area contributed by atoms with E-state index in [4.69, 9.17) is 14.5 Å². The number of nitrogens with zero attached hydrogens (tertiary/aromatic N) is 4. The van der Waals surface area contributed by atoms with E-state index in [2.05, 4.69) is 45.2 Å². The fourth-order valence-corrected chi connectivity index (χ4v) is 4.27. The van der Waals surface area contributed by atoms with Crippen molar-refractivity contribution < 1.29 is 9.47 Å². The Kier molecular flexibility index (Phi) is 7.89. The van der Waals surface area contributed by atoms with E-state index in [0.29, 0.717) is 0 Å². The Balaban J connectivity index is 1.26. The predicted molar refractivity (Wildman–Crippen MR) is 155 cm³/mol. The number of hydrogen-bond acceptors (Lipinski definition) is 6. The Labute approximate surface area is 223 Å². The zero-order valence-electron chi connectivity index (χ0n) is 21.6. The molecule has 0 radical (unpaired) electrons. The van der Waals surface area contributed by atoms with Gasteiger partial charge in [0.05, 0.1) is 32.1 Å². The summed E-state index contributed by atoms with van der Waals surface area (Å²) >= 11 is 0. The van der Waals surface area contributed by atoms with Gasteiger partial charge in [0.25, 0.3) is 0 Å². The van der Waals surface area contributed by atoms with Crippen LogP contribution in [0.25, 0.3) is 0 Å². The van der Waals surface area contributed by atoms with E-state index >= 15 is 0 Å². The van der Waals surface area contributed by atoms with Gasteiger partial charge in [0.2, 0.25) is 0 Å². The lowest BCUT2D eigenvalue weighted by molar-refractivity contribution is 0.414. The van der Waals surface area contributed by atoms with E-state index in [-0.39, 0.29) is 0 Å². The minimum Gasteiger partial charge on any atom is -0.497 e. The molecule has 4 aromatic rings. The van der Waals surface area contributed by atoms with Crippen LogP contribution in [0.3, 0.4) is 0 Å². The summed E-state index contributed by atoms with van der Waals surface area (Å²) in [6, 6.07) is 32.3. The molecule has 0 aromatic heterocycles. The van der Waals surface area contributed by atoms with Gasteiger partial charge in [-0.3, -0.25) is 15.0 Å². The highest BCUT2D eigenvalue weighted by atomic mass is 16.5. The molecule has 0 N–H and O–H groups in total. The van der Waals surface area contributed by atoms with E-state index < -0.39 is 0 Å². The number of ether oxygens (including phenoxy) is 2. The standard InChI is InChI=1S/C32H30N4O2/c1-37-30-13-9-24(10-14-30)21-34-28-7-3-5-26(19-28)23-36-18-17-33-32(36)27-6-4-8-29(20-27)35-22-25-11-15-31(38-2)16-12-25/h3-16,19-22H,17-18,23H2,1-2H3. The third kappa shape index (κ3) is 6.34. The number of amidine groups is 1. The summed E-state index contributed by atoms with van der Waals surface area (Å²) in [6.45, 7) is 2.43. The number of methoxy groups -OCH3 is 2. The fraction of sp³-hybridized carbons (Fsp3) is 0.156. The summed E-state index contributed by atoms with van der Waals surface area (Å²) in [5.74, 6) is 2.67. The van der Waals surface area contributed by atoms with Crippen LogP contribution < -0.4 is 9.47 Å². The molecule has 0 spiro atoms. The van der Waals surface area contributed by atoms with E-state index in [1.807, 2.05) is 79.2 Å². The first-order chi connectivity index (χ1) is 18.7. The average molecular weight is 503 g/mol. The van der Waals surface area contributed by atoms with Crippen molar-refractivity contribution in [3.8, 4) is 11.5 Å². The number of aliphatic imine (C=N–C) groups is 3. The lowest BCUT2D eigenvalue weighted by Crippen LogP contribution is -2.27. The van der Waals surface area contributed by atoms with Gasteiger partial charge in [0.15, 0.2) is 0 Å². The Morgan fingerprint density at radius 1 is 0.737 bits per heavy atom. The molecule has 1 aliphatic heterocycles. The fourth-order valence-electron chi connectivity index (χ4n) is 4.27. The highest BCUT2D eigenvalue weighted by Gasteiger charge is 2.19. The number of rotatable bonds is 9. The third-order valence-electron chi connectivity index (χ3n) is 6.28. The van der Waals surface area contributed by atoms with Gasteiger partial charge in [-0.15, -0.1) is 0 Å². The maximum absolute atomic E-state index is 5.23. The van der Waals surface area contributed by atoms with Crippen LogP contribution in [0, 0.1) is 0 Å². The maximum atomic E-state index is 5.23. The van der Waals surface area contributed by atoms with Crippen molar-refractivity contribution in [1.29, 1.82) is 0 Å². The van der Waals surface area contributed by atoms with Gasteiger partial charge in [-0.25, -0.2) is 0 Å². The monoisotopic (exact) mass is 502 g/mol. The zero-order valence-corrected chi connectivity index (χ0v) is 21.6. The van der Waals surface area contributed by atoms with Gasteiger partial charge in [-0.2, -0.15) is 0 Å². The molecular formula is C32H30N4O2. The van der Waals surface area contributed by atoms with Crippen molar-refractivity contribution in [2.45, 2.75) is 6.54 Å². The van der Waals surface area contributed by atoms with Crippen molar-refractivity contribution in [1.82, 2.24) is 4.90 Å². The number of hydrogen-bond donors (Lipinski definition) is 0. The molecule has 38 heavy (non-hydrogen) atoms. The minimum atomic E-state index is 0.768. The van der Waals surface area contributed by atoms with Crippen LogP contribution in [0.4, 0.5) is 11.4 Å². The largest absolute Gasteiger partial charge is 0.497 e. The van der Waals surface area contributed by atoms with Gasteiger partial charge in [0, 0.05) is 31.1 Å². The van der Waals surface area contributed by atoms with Gasteiger partial charge in [-0.05, 0) is 89.5 Å². The SMILES string of the molecule is COc1ccc(C=Nc2cccc(CN3CCN=C3c3cccc(N=Cc4ccc(OC)cc4)c3)c2)cc1. The normalized spacial score (nSPS) is 13.3. The number of benzene rings is 4. The lowest BCUT2D eigenvalue weighted by atomic mass is 10.1. The van der Waals surface area contributed by atoms with Crippen LogP contribution in [0.15, 0.2) is 112 Å². The second-order valence-corrected chi connectivity index (χ2v) is 8.91. The Hall–Kier alpha value is -4.71. The van der Waals surface area contributed by atoms with Gasteiger partial charge in [-0.1, -0.05) is 24.3 Å². The summed E-state index contributed by atoms with van der Waals surface area (Å²) in [4.78, 5) is 16.5. The van der Waals surface area contributed by atoms with E-state index in [9.17, 15) is 0 Å². The summed E-state index contributed by atoms with van der Waals surface area (Å²) in [7, 11) is 3.33. The molecule has 1 heterocycles. The molecule has 0 saturated carbocycles. The van der Waals surface area contributed by atoms with Crippen molar-refractivity contribution >= 4 is 29.6 Å². The van der Waals surface area contributed by atoms with Gasteiger partial charge < -0.3 is 14.4 Å². The predicted octanol–water partition coefficient (Wildman–Crippen LogP) is 6.47. The smallest absolute Gasteiger partial charge is 0.131 e. The first-order valence-electron chi connectivity index (χ1n) is 12.6. The first kappa shape index (κ1) is 25.0. The zero-order chi connectivity index (χ0) is 26.2. The molecule has 5 rings (SSSR count).